The molecule has 48 heavy (non-hydrogen) atoms. The zero-order valence-electron chi connectivity index (χ0n) is 28.8. The molecule has 0 radical (unpaired) electrons. The second kappa shape index (κ2) is 9.38. The number of rotatable bonds is 3. The van der Waals surface area contributed by atoms with Gasteiger partial charge < -0.3 is 38.6 Å². The first-order valence-electron chi connectivity index (χ1n) is 17.2. The lowest BCUT2D eigenvalue weighted by Gasteiger charge is -2.65. The van der Waals surface area contributed by atoms with Crippen molar-refractivity contribution in [2.45, 2.75) is 123 Å². The van der Waals surface area contributed by atoms with Crippen molar-refractivity contribution in [1.29, 1.82) is 0 Å². The lowest BCUT2D eigenvalue weighted by Crippen LogP contribution is -2.72. The molecular formula is C35H46O13. The Morgan fingerprint density at radius 1 is 0.812 bits per heavy atom. The Kier molecular flexibility index (Phi) is 6.37. The fraction of sp³-hybridized carbons (Fsp3) is 0.857. The smallest absolute Gasteiger partial charge is 0.341 e. The Morgan fingerprint density at radius 2 is 1.42 bits per heavy atom. The molecule has 0 amide bonds. The summed E-state index contributed by atoms with van der Waals surface area (Å²) in [5.41, 5.74) is -5.60. The fourth-order valence-electron chi connectivity index (χ4n) is 13.5. The predicted octanol–water partition coefficient (Wildman–Crippen LogP) is 1.33. The van der Waals surface area contributed by atoms with E-state index in [1.54, 1.807) is 6.92 Å². The molecule has 0 aromatic heterocycles. The molecule has 8 rings (SSSR count). The summed E-state index contributed by atoms with van der Waals surface area (Å²) >= 11 is 0. The number of Topliss-reactive ketones (excluding diaryl/α,β-unsaturated/α-hetero) is 1. The summed E-state index contributed by atoms with van der Waals surface area (Å²) in [5, 5.41) is 24.3. The van der Waals surface area contributed by atoms with E-state index in [0.29, 0.717) is 6.42 Å². The summed E-state index contributed by atoms with van der Waals surface area (Å²) in [7, 11) is 0. The first-order valence-corrected chi connectivity index (χ1v) is 17.2. The number of esters is 4. The van der Waals surface area contributed by atoms with Crippen molar-refractivity contribution in [3.63, 3.8) is 0 Å². The Balaban J connectivity index is 1.38. The fourth-order valence-corrected chi connectivity index (χ4v) is 13.5. The molecule has 0 aromatic rings. The number of epoxide rings is 2. The van der Waals surface area contributed by atoms with E-state index in [1.807, 2.05) is 27.7 Å². The lowest BCUT2D eigenvalue weighted by atomic mass is 9.39. The molecule has 13 nitrogen and oxygen atoms in total. The van der Waals surface area contributed by atoms with E-state index >= 15 is 0 Å². The molecule has 3 heterocycles. The highest BCUT2D eigenvalue weighted by atomic mass is 16.8. The van der Waals surface area contributed by atoms with Gasteiger partial charge in [0.15, 0.2) is 11.4 Å². The first kappa shape index (κ1) is 32.6. The van der Waals surface area contributed by atoms with Crippen LogP contribution >= 0.6 is 0 Å². The van der Waals surface area contributed by atoms with E-state index in [4.69, 9.17) is 28.4 Å². The van der Waals surface area contributed by atoms with E-state index in [-0.39, 0.29) is 12.0 Å². The number of aliphatic hydroxyl groups is 2. The number of hydrogen-bond acceptors (Lipinski definition) is 13. The van der Waals surface area contributed by atoms with Crippen LogP contribution < -0.4 is 0 Å². The zero-order chi connectivity index (χ0) is 35.0. The molecule has 264 valence electrons. The van der Waals surface area contributed by atoms with Crippen LogP contribution in [0.5, 0.6) is 0 Å². The Bertz CT molecular complexity index is 1540. The number of aliphatic hydroxyl groups excluding tert-OH is 1. The Labute approximate surface area is 278 Å². The van der Waals surface area contributed by atoms with Crippen molar-refractivity contribution in [2.75, 3.05) is 0 Å². The van der Waals surface area contributed by atoms with Crippen LogP contribution in [0.1, 0.15) is 68.7 Å². The number of carbonyl (C=O) groups excluding carboxylic acids is 5. The average Bonchev–Trinajstić information content (AvgIpc) is 3.88. The minimum atomic E-state index is -2.06. The van der Waals surface area contributed by atoms with Crippen LogP contribution in [0.2, 0.25) is 0 Å². The van der Waals surface area contributed by atoms with Crippen LogP contribution in [0, 0.1) is 63.6 Å². The highest BCUT2D eigenvalue weighted by Gasteiger charge is 2.93. The molecule has 3 aliphatic heterocycles. The van der Waals surface area contributed by atoms with Crippen LogP contribution in [0.4, 0.5) is 0 Å². The number of hydrogen-bond donors (Lipinski definition) is 2. The van der Waals surface area contributed by atoms with Gasteiger partial charge in [0, 0.05) is 55.3 Å². The van der Waals surface area contributed by atoms with E-state index < -0.39 is 135 Å². The van der Waals surface area contributed by atoms with E-state index in [1.165, 1.54) is 27.7 Å². The van der Waals surface area contributed by atoms with Gasteiger partial charge in [-0.2, -0.15) is 0 Å². The molecule has 8 aliphatic rings. The quantitative estimate of drug-likeness (QED) is 0.248. The van der Waals surface area contributed by atoms with E-state index in [2.05, 4.69) is 0 Å². The van der Waals surface area contributed by atoms with Crippen molar-refractivity contribution in [3.05, 3.63) is 0 Å². The second-order valence-electron chi connectivity index (χ2n) is 16.9. The summed E-state index contributed by atoms with van der Waals surface area (Å²) in [6.45, 7) is 14.8. The molecule has 2 N–H and O–H groups in total. The molecule has 20 atom stereocenters. The van der Waals surface area contributed by atoms with Crippen molar-refractivity contribution in [2.24, 2.45) is 63.6 Å². The van der Waals surface area contributed by atoms with Gasteiger partial charge in [0.25, 0.3) is 0 Å². The molecule has 1 spiro atoms. The summed E-state index contributed by atoms with van der Waals surface area (Å²) in [5.74, 6) is -9.45. The van der Waals surface area contributed by atoms with Gasteiger partial charge in [0.2, 0.25) is 5.79 Å². The van der Waals surface area contributed by atoms with E-state index in [9.17, 15) is 34.2 Å². The van der Waals surface area contributed by atoms with E-state index in [0.717, 1.165) is 0 Å². The maximum Gasteiger partial charge on any atom is 0.341 e. The molecule has 0 aromatic carbocycles. The molecule has 5 aliphatic carbocycles. The van der Waals surface area contributed by atoms with Gasteiger partial charge in [0.05, 0.1) is 11.5 Å². The molecule has 5 saturated carbocycles. The lowest BCUT2D eigenvalue weighted by molar-refractivity contribution is -0.253. The van der Waals surface area contributed by atoms with Crippen LogP contribution in [-0.2, 0) is 52.4 Å². The molecular weight excluding hydrogens is 628 g/mol. The minimum Gasteiger partial charge on any atom is -0.462 e. The number of fused-ring (bicyclic) bond motifs is 9. The topological polar surface area (TPSA) is 188 Å². The maximum absolute atomic E-state index is 14.5. The van der Waals surface area contributed by atoms with Gasteiger partial charge in [-0.25, -0.2) is 4.79 Å². The molecule has 3 saturated heterocycles. The summed E-state index contributed by atoms with van der Waals surface area (Å²) in [4.78, 5) is 66.5. The van der Waals surface area contributed by atoms with Gasteiger partial charge in [-0.3, -0.25) is 19.2 Å². The standard InChI is InChI=1S/C35H46O13/c1-11-19-18(24(40)23(39)16-10-17-25(46-17)29(31(16,19)6)45-15(5)38)21-26(43-13(3)36)22-20(32(21,7)27(11)44-14(4)37)12(2)28-35(47-28)33(22,8)34(9,42)30(41)48-35/h11-12,16-22,24-29,40,42H,10H2,1-9H3/t11?,12-,16+,17-,18?,19?,20-,21+,22-,24?,25-,26+,27-,28+,29-,31-,32+,33-,34+,35-/m0/s1. The van der Waals surface area contributed by atoms with Gasteiger partial charge in [-0.05, 0) is 43.9 Å². The Morgan fingerprint density at radius 3 is 2.02 bits per heavy atom. The molecule has 4 unspecified atom stereocenters. The third kappa shape index (κ3) is 3.40. The largest absolute Gasteiger partial charge is 0.462 e. The minimum absolute atomic E-state index is 0.289. The Hall–Kier alpha value is -2.61. The monoisotopic (exact) mass is 674 g/mol. The first-order chi connectivity index (χ1) is 22.2. The molecule has 8 fully saturated rings. The molecule has 0 bridgehead atoms. The van der Waals surface area contributed by atoms with Crippen LogP contribution in [0.3, 0.4) is 0 Å². The third-order valence-electron chi connectivity index (χ3n) is 15.1. The van der Waals surface area contributed by atoms with Crippen molar-refractivity contribution in [3.8, 4) is 0 Å². The maximum atomic E-state index is 14.5. The van der Waals surface area contributed by atoms with Crippen molar-refractivity contribution >= 4 is 29.7 Å². The predicted molar refractivity (Wildman–Crippen MR) is 159 cm³/mol. The van der Waals surface area contributed by atoms with Crippen LogP contribution in [0.15, 0.2) is 0 Å². The average molecular weight is 675 g/mol. The zero-order valence-corrected chi connectivity index (χ0v) is 28.8. The highest BCUT2D eigenvalue weighted by Crippen LogP contribution is 2.81. The summed E-state index contributed by atoms with van der Waals surface area (Å²) in [6, 6.07) is 0. The third-order valence-corrected chi connectivity index (χ3v) is 15.1. The highest BCUT2D eigenvalue weighted by molar-refractivity contribution is 5.88. The van der Waals surface area contributed by atoms with Gasteiger partial charge in [0.1, 0.15) is 36.6 Å². The van der Waals surface area contributed by atoms with Crippen molar-refractivity contribution < 1.29 is 62.6 Å². The number of ether oxygens (including phenoxy) is 6. The van der Waals surface area contributed by atoms with Gasteiger partial charge >= 0.3 is 23.9 Å². The van der Waals surface area contributed by atoms with Gasteiger partial charge in [-0.15, -0.1) is 0 Å². The van der Waals surface area contributed by atoms with Crippen molar-refractivity contribution in [1.82, 2.24) is 0 Å². The van der Waals surface area contributed by atoms with Gasteiger partial charge in [-0.1, -0.05) is 27.7 Å². The number of ketones is 1. The normalized spacial score (nSPS) is 59.6. The molecule has 13 heteroatoms. The van der Waals surface area contributed by atoms with Crippen LogP contribution in [-0.4, -0.2) is 94.0 Å². The SMILES string of the molecule is CC(=O)O[C@H]1[C@@H]2[C@H]([C@H](C)[C@H]3O[C@]34OC(=O)[C@@](C)(O)[C@]24C)[C@]2(C)[C@@H]1C1C(O)C(=O)[C@H]3C[C@@H]4O[C@@H]4[C@H](OC(C)=O)[C@]3(C)C1C(C)[C@@H]2OC(C)=O. The second-order valence-corrected chi connectivity index (χ2v) is 16.9. The summed E-state index contributed by atoms with van der Waals surface area (Å²) < 4.78 is 36.7. The summed E-state index contributed by atoms with van der Waals surface area (Å²) in [6.07, 6.45) is -5.17. The van der Waals surface area contributed by atoms with Crippen LogP contribution in [0.25, 0.3) is 0 Å². The number of carbonyl (C=O) groups is 5.